The van der Waals surface area contributed by atoms with E-state index in [2.05, 4.69) is 4.74 Å². The van der Waals surface area contributed by atoms with E-state index < -0.39 is 33.2 Å². The van der Waals surface area contributed by atoms with Crippen molar-refractivity contribution in [2.75, 3.05) is 0 Å². The quantitative estimate of drug-likeness (QED) is 0.525. The fraction of sp³-hybridized carbons (Fsp3) is 0.250. The van der Waals surface area contributed by atoms with Gasteiger partial charge < -0.3 is 4.74 Å². The number of alkyl halides is 6. The van der Waals surface area contributed by atoms with Gasteiger partial charge in [0.15, 0.2) is 0 Å². The zero-order chi connectivity index (χ0) is 13.4. The fourth-order valence-corrected chi connectivity index (χ4v) is 1.85. The number of rotatable bonds is 1. The molecule has 0 aromatic heterocycles. The molecule has 1 aromatic carbocycles. The third kappa shape index (κ3) is 3.61. The summed E-state index contributed by atoms with van der Waals surface area (Å²) in [6.07, 6.45) is -10.2. The number of halogens is 8. The maximum absolute atomic E-state index is 12.9. The molecule has 0 N–H and O–H groups in total. The highest BCUT2D eigenvalue weighted by molar-refractivity contribution is 14.1. The van der Waals surface area contributed by atoms with Crippen LogP contribution in [0, 0.1) is 9.39 Å². The van der Waals surface area contributed by atoms with E-state index in [1.165, 1.54) is 0 Å². The molecular weight excluding hydrogens is 372 g/mol. The van der Waals surface area contributed by atoms with Crippen LogP contribution in [0.1, 0.15) is 5.56 Å². The molecule has 0 fully saturated rings. The molecule has 0 unspecified atom stereocenters. The second-order valence-corrected chi connectivity index (χ2v) is 3.86. The second kappa shape index (κ2) is 4.50. The van der Waals surface area contributed by atoms with Crippen molar-refractivity contribution >= 4 is 22.6 Å². The van der Waals surface area contributed by atoms with Crippen molar-refractivity contribution in [3.05, 3.63) is 27.1 Å². The van der Waals surface area contributed by atoms with Crippen LogP contribution in [0.25, 0.3) is 0 Å². The zero-order valence-corrected chi connectivity index (χ0v) is 9.74. The Labute approximate surface area is 104 Å². The van der Waals surface area contributed by atoms with Crippen LogP contribution in [-0.2, 0) is 6.18 Å². The van der Waals surface area contributed by atoms with Crippen LogP contribution in [-0.4, -0.2) is 6.36 Å². The highest BCUT2D eigenvalue weighted by Crippen LogP contribution is 2.39. The Balaban J connectivity index is 3.30. The average Bonchev–Trinajstić information content (AvgIpc) is 2.06. The summed E-state index contributed by atoms with van der Waals surface area (Å²) in [5, 5.41) is 0. The molecule has 0 radical (unpaired) electrons. The standard InChI is InChI=1S/C8H2F7IO/c9-3-1-2-4(17-8(13,14)15)6(16)5(3)7(10,11)12/h1-2H. The van der Waals surface area contributed by atoms with E-state index in [1.54, 1.807) is 0 Å². The topological polar surface area (TPSA) is 9.23 Å². The highest BCUT2D eigenvalue weighted by atomic mass is 127. The van der Waals surface area contributed by atoms with Crippen LogP contribution < -0.4 is 4.74 Å². The minimum absolute atomic E-state index is 0.270. The summed E-state index contributed by atoms with van der Waals surface area (Å²) >= 11 is 0.947. The van der Waals surface area contributed by atoms with Crippen LogP contribution >= 0.6 is 22.6 Å². The van der Waals surface area contributed by atoms with Gasteiger partial charge >= 0.3 is 12.5 Å². The van der Waals surface area contributed by atoms with E-state index in [1.807, 2.05) is 0 Å². The van der Waals surface area contributed by atoms with Crippen molar-refractivity contribution in [1.82, 2.24) is 0 Å². The number of hydrogen-bond acceptors (Lipinski definition) is 1. The van der Waals surface area contributed by atoms with Crippen molar-refractivity contribution in [3.63, 3.8) is 0 Å². The Kier molecular flexibility index (Phi) is 3.79. The van der Waals surface area contributed by atoms with Crippen molar-refractivity contribution in [2.24, 2.45) is 0 Å². The molecule has 0 heterocycles. The van der Waals surface area contributed by atoms with Crippen LogP contribution in [0.2, 0.25) is 0 Å². The van der Waals surface area contributed by atoms with Crippen molar-refractivity contribution < 1.29 is 35.5 Å². The summed E-state index contributed by atoms with van der Waals surface area (Å²) in [6, 6.07) is 0.756. The molecule has 17 heavy (non-hydrogen) atoms. The molecule has 1 rings (SSSR count). The van der Waals surface area contributed by atoms with E-state index >= 15 is 0 Å². The molecule has 0 aliphatic rings. The van der Waals surface area contributed by atoms with Gasteiger partial charge in [-0.15, -0.1) is 13.2 Å². The van der Waals surface area contributed by atoms with Gasteiger partial charge in [0.25, 0.3) is 0 Å². The molecule has 1 aromatic rings. The predicted octanol–water partition coefficient (Wildman–Crippen LogP) is 4.35. The minimum atomic E-state index is -5.14. The van der Waals surface area contributed by atoms with Gasteiger partial charge in [0, 0.05) is 0 Å². The Morgan fingerprint density at radius 1 is 1.00 bits per heavy atom. The first-order valence-corrected chi connectivity index (χ1v) is 4.91. The highest BCUT2D eigenvalue weighted by Gasteiger charge is 2.40. The van der Waals surface area contributed by atoms with E-state index in [0.717, 1.165) is 22.6 Å². The first-order chi connectivity index (χ1) is 7.52. The molecule has 96 valence electrons. The molecular formula is C8H2F7IO. The molecule has 0 aliphatic heterocycles. The lowest BCUT2D eigenvalue weighted by atomic mass is 10.2. The summed E-state index contributed by atoms with van der Waals surface area (Å²) < 4.78 is 87.8. The Morgan fingerprint density at radius 2 is 1.53 bits per heavy atom. The van der Waals surface area contributed by atoms with Gasteiger partial charge in [0.2, 0.25) is 0 Å². The SMILES string of the molecule is Fc1ccc(OC(F)(F)F)c(I)c1C(F)(F)F. The second-order valence-electron chi connectivity index (χ2n) is 2.78. The van der Waals surface area contributed by atoms with Crippen LogP contribution in [0.4, 0.5) is 30.7 Å². The molecule has 9 heteroatoms. The largest absolute Gasteiger partial charge is 0.573 e. The normalized spacial score (nSPS) is 12.7. The Bertz CT molecular complexity index is 423. The number of ether oxygens (including phenoxy) is 1. The smallest absolute Gasteiger partial charge is 0.405 e. The number of hydrogen-bond donors (Lipinski definition) is 0. The summed E-state index contributed by atoms with van der Waals surface area (Å²) in [4.78, 5) is 0. The average molecular weight is 374 g/mol. The molecule has 0 saturated carbocycles. The van der Waals surface area contributed by atoms with Gasteiger partial charge in [-0.05, 0) is 34.7 Å². The minimum Gasteiger partial charge on any atom is -0.405 e. The first kappa shape index (κ1) is 14.3. The van der Waals surface area contributed by atoms with Crippen LogP contribution in [0.15, 0.2) is 12.1 Å². The number of benzene rings is 1. The van der Waals surface area contributed by atoms with Gasteiger partial charge in [0.05, 0.1) is 3.57 Å². The lowest BCUT2D eigenvalue weighted by molar-refractivity contribution is -0.275. The molecule has 1 nitrogen and oxygen atoms in total. The van der Waals surface area contributed by atoms with Gasteiger partial charge in [0.1, 0.15) is 17.1 Å². The van der Waals surface area contributed by atoms with E-state index in [4.69, 9.17) is 0 Å². The molecule has 0 aliphatic carbocycles. The van der Waals surface area contributed by atoms with Gasteiger partial charge in [-0.2, -0.15) is 13.2 Å². The van der Waals surface area contributed by atoms with Gasteiger partial charge in [-0.25, -0.2) is 4.39 Å². The zero-order valence-electron chi connectivity index (χ0n) is 7.59. The third-order valence-electron chi connectivity index (χ3n) is 1.56. The summed E-state index contributed by atoms with van der Waals surface area (Å²) in [6.45, 7) is 0. The monoisotopic (exact) mass is 374 g/mol. The molecule has 0 spiro atoms. The molecule has 0 atom stereocenters. The third-order valence-corrected chi connectivity index (χ3v) is 2.64. The predicted molar refractivity (Wildman–Crippen MR) is 50.8 cm³/mol. The molecule has 0 bridgehead atoms. The molecule has 0 saturated heterocycles. The lowest BCUT2D eigenvalue weighted by Gasteiger charge is -2.15. The Morgan fingerprint density at radius 3 is 1.94 bits per heavy atom. The van der Waals surface area contributed by atoms with Crippen LogP contribution in [0.5, 0.6) is 5.75 Å². The van der Waals surface area contributed by atoms with Gasteiger partial charge in [-0.1, -0.05) is 0 Å². The Hall–Kier alpha value is -0.740. The lowest BCUT2D eigenvalue weighted by Crippen LogP contribution is -2.19. The first-order valence-electron chi connectivity index (χ1n) is 3.83. The van der Waals surface area contributed by atoms with E-state index in [-0.39, 0.29) is 6.07 Å². The summed E-state index contributed by atoms with van der Waals surface area (Å²) in [5.41, 5.74) is -1.78. The van der Waals surface area contributed by atoms with Crippen LogP contribution in [0.3, 0.4) is 0 Å². The maximum atomic E-state index is 12.9. The van der Waals surface area contributed by atoms with E-state index in [9.17, 15) is 30.7 Å². The summed E-state index contributed by atoms with van der Waals surface area (Å²) in [5.74, 6) is -2.75. The van der Waals surface area contributed by atoms with Crippen molar-refractivity contribution in [1.29, 1.82) is 0 Å². The van der Waals surface area contributed by atoms with Crippen molar-refractivity contribution in [3.8, 4) is 5.75 Å². The van der Waals surface area contributed by atoms with E-state index in [0.29, 0.717) is 6.07 Å². The summed E-state index contributed by atoms with van der Waals surface area (Å²) in [7, 11) is 0. The maximum Gasteiger partial charge on any atom is 0.573 e. The fourth-order valence-electron chi connectivity index (χ4n) is 0.997. The van der Waals surface area contributed by atoms with Crippen molar-refractivity contribution in [2.45, 2.75) is 12.5 Å². The molecule has 0 amide bonds. The van der Waals surface area contributed by atoms with Gasteiger partial charge in [-0.3, -0.25) is 0 Å².